The van der Waals surface area contributed by atoms with Gasteiger partial charge in [0.1, 0.15) is 0 Å². The van der Waals surface area contributed by atoms with Crippen LogP contribution in [0.5, 0.6) is 0 Å². The van der Waals surface area contributed by atoms with E-state index in [0.29, 0.717) is 11.8 Å². The largest absolute Gasteiger partial charge is 0.478 e. The van der Waals surface area contributed by atoms with Crippen LogP contribution in [0, 0.1) is 0 Å². The van der Waals surface area contributed by atoms with E-state index in [1.165, 1.54) is 12.1 Å². The van der Waals surface area contributed by atoms with E-state index in [1.54, 1.807) is 12.1 Å². The molecule has 0 aliphatic carbocycles. The molecule has 14 heavy (non-hydrogen) atoms. The molecule has 76 valence electrons. The van der Waals surface area contributed by atoms with Gasteiger partial charge in [0.15, 0.2) is 0 Å². The van der Waals surface area contributed by atoms with E-state index in [0.717, 1.165) is 6.61 Å². The predicted molar refractivity (Wildman–Crippen MR) is 53.2 cm³/mol. The summed E-state index contributed by atoms with van der Waals surface area (Å²) in [6.07, 6.45) is 0.583. The van der Waals surface area contributed by atoms with Crippen LogP contribution in [0.2, 0.25) is 0 Å². The van der Waals surface area contributed by atoms with Gasteiger partial charge in [0.2, 0.25) is 0 Å². The van der Waals surface area contributed by atoms with Crippen LogP contribution in [0.25, 0.3) is 0 Å². The second kappa shape index (κ2) is 4.62. The number of anilines is 1. The van der Waals surface area contributed by atoms with Crippen LogP contribution in [-0.2, 0) is 4.74 Å². The van der Waals surface area contributed by atoms with Gasteiger partial charge in [0.25, 0.3) is 0 Å². The van der Waals surface area contributed by atoms with Gasteiger partial charge in [-0.3, -0.25) is 0 Å². The summed E-state index contributed by atoms with van der Waals surface area (Å²) in [5, 5.41) is 8.43. The fourth-order valence-corrected chi connectivity index (χ4v) is 0.722. The number of aromatic carboxylic acids is 1. The summed E-state index contributed by atoms with van der Waals surface area (Å²) in [7, 11) is 0. The summed E-state index contributed by atoms with van der Waals surface area (Å²) in [4.78, 5) is 10.3. The van der Waals surface area contributed by atoms with Crippen LogP contribution < -0.4 is 5.73 Å². The van der Waals surface area contributed by atoms with Crippen LogP contribution in [0.1, 0.15) is 17.3 Å². The smallest absolute Gasteiger partial charge is 0.335 e. The first-order valence-corrected chi connectivity index (χ1v) is 4.30. The molecule has 3 N–H and O–H groups in total. The van der Waals surface area contributed by atoms with Gasteiger partial charge in [0.05, 0.1) is 18.3 Å². The molecule has 0 amide bonds. The summed E-state index contributed by atoms with van der Waals surface area (Å²) < 4.78 is 4.71. The summed E-state index contributed by atoms with van der Waals surface area (Å²) >= 11 is 0. The van der Waals surface area contributed by atoms with Crippen molar-refractivity contribution in [1.82, 2.24) is 0 Å². The van der Waals surface area contributed by atoms with Gasteiger partial charge in [-0.1, -0.05) is 0 Å². The minimum Gasteiger partial charge on any atom is -0.478 e. The molecule has 1 fully saturated rings. The first-order chi connectivity index (χ1) is 6.59. The lowest BCUT2D eigenvalue weighted by atomic mass is 10.2. The van der Waals surface area contributed by atoms with Crippen LogP contribution in [0.4, 0.5) is 5.69 Å². The highest BCUT2D eigenvalue weighted by molar-refractivity contribution is 5.87. The zero-order valence-corrected chi connectivity index (χ0v) is 7.93. The molecule has 1 saturated heterocycles. The molecule has 1 heterocycles. The number of ether oxygens (including phenoxy) is 1. The molecule has 1 aromatic carbocycles. The van der Waals surface area contributed by atoms with Gasteiger partial charge in [-0.15, -0.1) is 0 Å². The molecule has 1 aliphatic heterocycles. The number of carboxylic acids is 1. The number of nitrogens with two attached hydrogens (primary N) is 1. The maximum Gasteiger partial charge on any atom is 0.335 e. The van der Waals surface area contributed by atoms with Crippen molar-refractivity contribution in [3.05, 3.63) is 29.8 Å². The molecular weight excluding hydrogens is 182 g/mol. The molecule has 1 aliphatic rings. The third-order valence-electron chi connectivity index (χ3n) is 1.66. The molecule has 4 nitrogen and oxygen atoms in total. The summed E-state index contributed by atoms with van der Waals surface area (Å²) in [5.74, 6) is -0.931. The summed E-state index contributed by atoms with van der Waals surface area (Å²) in [6.45, 7) is 3.04. The van der Waals surface area contributed by atoms with Gasteiger partial charge >= 0.3 is 5.97 Å². The van der Waals surface area contributed by atoms with E-state index >= 15 is 0 Å². The lowest BCUT2D eigenvalue weighted by Gasteiger charge is -1.93. The van der Waals surface area contributed by atoms with Crippen LogP contribution in [0.15, 0.2) is 24.3 Å². The summed E-state index contributed by atoms with van der Waals surface area (Å²) in [5.41, 5.74) is 6.17. The molecule has 0 aromatic heterocycles. The van der Waals surface area contributed by atoms with Gasteiger partial charge < -0.3 is 15.6 Å². The summed E-state index contributed by atoms with van der Waals surface area (Å²) in [6, 6.07) is 6.06. The van der Waals surface area contributed by atoms with E-state index in [2.05, 4.69) is 6.92 Å². The standard InChI is InChI=1S/C7H7NO2.C3H6O/c8-6-3-1-5(2-4-6)7(9)10;1-3-2-4-3/h1-4H,8H2,(H,9,10);3H,2H2,1H3. The zero-order chi connectivity index (χ0) is 10.6. The van der Waals surface area contributed by atoms with Crippen molar-refractivity contribution >= 4 is 11.7 Å². The van der Waals surface area contributed by atoms with E-state index in [1.807, 2.05) is 0 Å². The molecule has 0 radical (unpaired) electrons. The van der Waals surface area contributed by atoms with E-state index in [9.17, 15) is 4.79 Å². The van der Waals surface area contributed by atoms with E-state index < -0.39 is 5.97 Å². The number of benzene rings is 1. The van der Waals surface area contributed by atoms with E-state index in [4.69, 9.17) is 15.6 Å². The maximum absolute atomic E-state index is 10.3. The minimum absolute atomic E-state index is 0.259. The second-order valence-electron chi connectivity index (χ2n) is 3.07. The zero-order valence-electron chi connectivity index (χ0n) is 7.93. The highest BCUT2D eigenvalue weighted by atomic mass is 16.6. The first kappa shape index (κ1) is 10.5. The van der Waals surface area contributed by atoms with Crippen molar-refractivity contribution in [2.45, 2.75) is 13.0 Å². The van der Waals surface area contributed by atoms with Crippen molar-refractivity contribution in [2.75, 3.05) is 12.3 Å². The number of carboxylic acid groups (broad SMARTS) is 1. The van der Waals surface area contributed by atoms with Crippen molar-refractivity contribution in [1.29, 1.82) is 0 Å². The Hall–Kier alpha value is -1.55. The Kier molecular flexibility index (Phi) is 3.48. The predicted octanol–water partition coefficient (Wildman–Crippen LogP) is 1.37. The molecule has 4 heteroatoms. The van der Waals surface area contributed by atoms with Gasteiger partial charge in [-0.05, 0) is 31.2 Å². The van der Waals surface area contributed by atoms with Crippen LogP contribution in [-0.4, -0.2) is 23.8 Å². The van der Waals surface area contributed by atoms with Crippen molar-refractivity contribution < 1.29 is 14.6 Å². The molecule has 0 saturated carbocycles. The van der Waals surface area contributed by atoms with Crippen molar-refractivity contribution in [3.8, 4) is 0 Å². The number of hydrogen-bond acceptors (Lipinski definition) is 3. The van der Waals surface area contributed by atoms with Gasteiger partial charge in [0, 0.05) is 5.69 Å². The van der Waals surface area contributed by atoms with E-state index in [-0.39, 0.29) is 5.56 Å². The Morgan fingerprint density at radius 3 is 2.21 bits per heavy atom. The molecule has 0 bridgehead atoms. The third kappa shape index (κ3) is 3.91. The van der Waals surface area contributed by atoms with Gasteiger partial charge in [-0.2, -0.15) is 0 Å². The normalized spacial score (nSPS) is 17.9. The second-order valence-corrected chi connectivity index (χ2v) is 3.07. The average Bonchev–Trinajstić information content (AvgIpc) is 2.89. The Labute approximate surface area is 82.3 Å². The van der Waals surface area contributed by atoms with Gasteiger partial charge in [-0.25, -0.2) is 4.79 Å². The Bertz CT molecular complexity index is 304. The number of hydrogen-bond donors (Lipinski definition) is 2. The highest BCUT2D eigenvalue weighted by Gasteiger charge is 2.13. The minimum atomic E-state index is -0.931. The molecule has 1 unspecified atom stereocenters. The molecule has 1 aromatic rings. The Morgan fingerprint density at radius 1 is 1.50 bits per heavy atom. The fourth-order valence-electron chi connectivity index (χ4n) is 0.722. The average molecular weight is 195 g/mol. The van der Waals surface area contributed by atoms with Crippen LogP contribution in [0.3, 0.4) is 0 Å². The number of carbonyl (C=O) groups is 1. The number of rotatable bonds is 1. The quantitative estimate of drug-likeness (QED) is 0.524. The third-order valence-corrected chi connectivity index (χ3v) is 1.66. The Balaban J connectivity index is 0.000000203. The molecule has 1 atom stereocenters. The van der Waals surface area contributed by atoms with Crippen molar-refractivity contribution in [2.24, 2.45) is 0 Å². The molecular formula is C10H13NO3. The maximum atomic E-state index is 10.3. The highest BCUT2D eigenvalue weighted by Crippen LogP contribution is 2.04. The lowest BCUT2D eigenvalue weighted by Crippen LogP contribution is -1.95. The molecule has 2 rings (SSSR count). The Morgan fingerprint density at radius 2 is 1.93 bits per heavy atom. The van der Waals surface area contributed by atoms with Crippen LogP contribution >= 0.6 is 0 Å². The monoisotopic (exact) mass is 195 g/mol. The fraction of sp³-hybridized carbons (Fsp3) is 0.300. The topological polar surface area (TPSA) is 75.8 Å². The molecule has 0 spiro atoms. The lowest BCUT2D eigenvalue weighted by molar-refractivity contribution is 0.0697. The SMILES string of the molecule is CC1CO1.Nc1ccc(C(=O)O)cc1. The first-order valence-electron chi connectivity index (χ1n) is 4.30. The number of nitrogen functional groups attached to an aromatic ring is 1. The number of epoxide rings is 1. The van der Waals surface area contributed by atoms with Crippen molar-refractivity contribution in [3.63, 3.8) is 0 Å².